The van der Waals surface area contributed by atoms with Gasteiger partial charge in [-0.25, -0.2) is 0 Å². The van der Waals surface area contributed by atoms with Crippen molar-refractivity contribution >= 4 is 11.6 Å². The van der Waals surface area contributed by atoms with Gasteiger partial charge in [-0.2, -0.15) is 0 Å². The van der Waals surface area contributed by atoms with Crippen LogP contribution in [0.1, 0.15) is 13.8 Å². The lowest BCUT2D eigenvalue weighted by Gasteiger charge is -2.11. The van der Waals surface area contributed by atoms with Crippen LogP contribution in [0.25, 0.3) is 0 Å². The van der Waals surface area contributed by atoms with Crippen LogP contribution in [-0.4, -0.2) is 6.10 Å². The van der Waals surface area contributed by atoms with Crippen molar-refractivity contribution in [2.45, 2.75) is 20.0 Å². The second-order valence-electron chi connectivity index (χ2n) is 2.78. The number of ether oxygens (including phenoxy) is 1. The first-order valence-corrected chi connectivity index (χ1v) is 4.66. The molecule has 1 atom stereocenters. The second kappa shape index (κ2) is 4.93. The number of hydrogen-bond donors (Lipinski definition) is 0. The average Bonchev–Trinajstić information content (AvgIpc) is 2.09. The monoisotopic (exact) mass is 196 g/mol. The minimum absolute atomic E-state index is 0.0601. The van der Waals surface area contributed by atoms with E-state index in [1.54, 1.807) is 0 Å². The number of halogens is 1. The molecule has 1 rings (SSSR count). The summed E-state index contributed by atoms with van der Waals surface area (Å²) in [7, 11) is 0. The third kappa shape index (κ3) is 3.11. The van der Waals surface area contributed by atoms with Crippen LogP contribution < -0.4 is 4.74 Å². The molecule has 13 heavy (non-hydrogen) atoms. The van der Waals surface area contributed by atoms with Crippen molar-refractivity contribution in [3.8, 4) is 5.75 Å². The summed E-state index contributed by atoms with van der Waals surface area (Å²) in [4.78, 5) is 0. The molecule has 0 aliphatic carbocycles. The maximum absolute atomic E-state index is 5.92. The van der Waals surface area contributed by atoms with E-state index in [9.17, 15) is 0 Å². The zero-order valence-corrected chi connectivity index (χ0v) is 8.58. The molecule has 70 valence electrons. The SMILES string of the molecule is CC=CC(C)Oc1ccccc1Cl. The average molecular weight is 197 g/mol. The molecule has 1 aromatic carbocycles. The minimum atomic E-state index is 0.0601. The van der Waals surface area contributed by atoms with Crippen molar-refractivity contribution in [2.24, 2.45) is 0 Å². The Morgan fingerprint density at radius 3 is 2.69 bits per heavy atom. The van der Waals surface area contributed by atoms with Crippen LogP contribution in [-0.2, 0) is 0 Å². The first kappa shape index (κ1) is 10.1. The molecule has 0 fully saturated rings. The summed E-state index contributed by atoms with van der Waals surface area (Å²) in [6.45, 7) is 3.94. The van der Waals surface area contributed by atoms with E-state index >= 15 is 0 Å². The molecule has 0 radical (unpaired) electrons. The normalized spacial score (nSPS) is 13.2. The second-order valence-corrected chi connectivity index (χ2v) is 3.19. The molecule has 0 aliphatic rings. The fourth-order valence-corrected chi connectivity index (χ4v) is 1.23. The van der Waals surface area contributed by atoms with Crippen LogP contribution in [0, 0.1) is 0 Å². The molecule has 0 aliphatic heterocycles. The highest BCUT2D eigenvalue weighted by Crippen LogP contribution is 2.24. The Kier molecular flexibility index (Phi) is 3.84. The third-order valence-electron chi connectivity index (χ3n) is 1.61. The molecule has 0 saturated heterocycles. The predicted octanol–water partition coefficient (Wildman–Crippen LogP) is 3.68. The van der Waals surface area contributed by atoms with E-state index in [1.165, 1.54) is 0 Å². The van der Waals surface area contributed by atoms with E-state index in [1.807, 2.05) is 50.3 Å². The van der Waals surface area contributed by atoms with Gasteiger partial charge in [0.25, 0.3) is 0 Å². The molecular weight excluding hydrogens is 184 g/mol. The smallest absolute Gasteiger partial charge is 0.138 e. The molecular formula is C11H13ClO. The van der Waals surface area contributed by atoms with Gasteiger partial charge in [-0.1, -0.05) is 29.8 Å². The van der Waals surface area contributed by atoms with E-state index in [4.69, 9.17) is 16.3 Å². The fourth-order valence-electron chi connectivity index (χ4n) is 1.05. The Morgan fingerprint density at radius 2 is 2.08 bits per heavy atom. The summed E-state index contributed by atoms with van der Waals surface area (Å²) < 4.78 is 5.57. The fraction of sp³-hybridized carbons (Fsp3) is 0.273. The first-order valence-electron chi connectivity index (χ1n) is 4.28. The van der Waals surface area contributed by atoms with Gasteiger partial charge in [-0.05, 0) is 32.1 Å². The maximum atomic E-state index is 5.92. The Labute approximate surface area is 84.0 Å². The maximum Gasteiger partial charge on any atom is 0.138 e. The topological polar surface area (TPSA) is 9.23 Å². The molecule has 0 saturated carbocycles. The van der Waals surface area contributed by atoms with Crippen LogP contribution >= 0.6 is 11.6 Å². The van der Waals surface area contributed by atoms with Crippen molar-refractivity contribution in [2.75, 3.05) is 0 Å². The highest BCUT2D eigenvalue weighted by atomic mass is 35.5. The van der Waals surface area contributed by atoms with Crippen LogP contribution in [0.5, 0.6) is 5.75 Å². The molecule has 1 unspecified atom stereocenters. The molecule has 1 nitrogen and oxygen atoms in total. The van der Waals surface area contributed by atoms with Gasteiger partial charge in [0, 0.05) is 0 Å². The predicted molar refractivity (Wildman–Crippen MR) is 56.4 cm³/mol. The standard InChI is InChI=1S/C11H13ClO/c1-3-6-9(2)13-11-8-5-4-7-10(11)12/h3-9H,1-2H3. The number of allylic oxidation sites excluding steroid dienone is 1. The lowest BCUT2D eigenvalue weighted by atomic mass is 10.3. The lowest BCUT2D eigenvalue weighted by Crippen LogP contribution is -2.07. The number of rotatable bonds is 3. The quantitative estimate of drug-likeness (QED) is 0.671. The van der Waals surface area contributed by atoms with Crippen LogP contribution in [0.3, 0.4) is 0 Å². The summed E-state index contributed by atoms with van der Waals surface area (Å²) in [6, 6.07) is 7.47. The number of hydrogen-bond acceptors (Lipinski definition) is 1. The number of para-hydroxylation sites is 1. The lowest BCUT2D eigenvalue weighted by molar-refractivity contribution is 0.270. The van der Waals surface area contributed by atoms with Gasteiger partial charge in [-0.3, -0.25) is 0 Å². The van der Waals surface area contributed by atoms with Crippen molar-refractivity contribution in [3.05, 3.63) is 41.4 Å². The van der Waals surface area contributed by atoms with Crippen LogP contribution in [0.15, 0.2) is 36.4 Å². The molecule has 0 aromatic heterocycles. The van der Waals surface area contributed by atoms with Gasteiger partial charge in [-0.15, -0.1) is 0 Å². The van der Waals surface area contributed by atoms with Crippen molar-refractivity contribution < 1.29 is 4.74 Å². The summed E-state index contributed by atoms with van der Waals surface area (Å²) in [5.41, 5.74) is 0. The van der Waals surface area contributed by atoms with Gasteiger partial charge >= 0.3 is 0 Å². The summed E-state index contributed by atoms with van der Waals surface area (Å²) in [6.07, 6.45) is 4.00. The van der Waals surface area contributed by atoms with Crippen LogP contribution in [0.2, 0.25) is 5.02 Å². The van der Waals surface area contributed by atoms with Gasteiger partial charge < -0.3 is 4.74 Å². The highest BCUT2D eigenvalue weighted by Gasteiger charge is 2.02. The largest absolute Gasteiger partial charge is 0.485 e. The van der Waals surface area contributed by atoms with E-state index in [0.29, 0.717) is 5.02 Å². The Morgan fingerprint density at radius 1 is 1.38 bits per heavy atom. The molecule has 0 N–H and O–H groups in total. The highest BCUT2D eigenvalue weighted by molar-refractivity contribution is 6.32. The summed E-state index contributed by atoms with van der Waals surface area (Å²) in [5.74, 6) is 0.731. The third-order valence-corrected chi connectivity index (χ3v) is 1.93. The zero-order valence-electron chi connectivity index (χ0n) is 7.83. The van der Waals surface area contributed by atoms with Crippen molar-refractivity contribution in [1.29, 1.82) is 0 Å². The minimum Gasteiger partial charge on any atom is -0.485 e. The molecule has 0 heterocycles. The van der Waals surface area contributed by atoms with E-state index < -0.39 is 0 Å². The molecule has 0 spiro atoms. The molecule has 0 bridgehead atoms. The zero-order chi connectivity index (χ0) is 9.68. The molecule has 2 heteroatoms. The first-order chi connectivity index (χ1) is 6.24. The number of benzene rings is 1. The van der Waals surface area contributed by atoms with E-state index in [0.717, 1.165) is 5.75 Å². The Balaban J connectivity index is 2.68. The van der Waals surface area contributed by atoms with Crippen molar-refractivity contribution in [3.63, 3.8) is 0 Å². The summed E-state index contributed by atoms with van der Waals surface area (Å²) >= 11 is 5.92. The molecule has 0 amide bonds. The molecule has 1 aromatic rings. The van der Waals surface area contributed by atoms with Crippen molar-refractivity contribution in [1.82, 2.24) is 0 Å². The Hall–Kier alpha value is -0.950. The van der Waals surface area contributed by atoms with Crippen LogP contribution in [0.4, 0.5) is 0 Å². The van der Waals surface area contributed by atoms with E-state index in [-0.39, 0.29) is 6.10 Å². The van der Waals surface area contributed by atoms with Gasteiger partial charge in [0.15, 0.2) is 0 Å². The summed E-state index contributed by atoms with van der Waals surface area (Å²) in [5, 5.41) is 0.652. The Bertz CT molecular complexity index is 294. The van der Waals surface area contributed by atoms with Gasteiger partial charge in [0.1, 0.15) is 11.9 Å². The van der Waals surface area contributed by atoms with Gasteiger partial charge in [0.05, 0.1) is 5.02 Å². The van der Waals surface area contributed by atoms with E-state index in [2.05, 4.69) is 0 Å². The van der Waals surface area contributed by atoms with Gasteiger partial charge in [0.2, 0.25) is 0 Å².